The first-order valence-corrected chi connectivity index (χ1v) is 10.5. The Morgan fingerprint density at radius 1 is 1.14 bits per heavy atom. The third kappa shape index (κ3) is 3.58. The van der Waals surface area contributed by atoms with E-state index >= 15 is 0 Å². The number of nitrogens with two attached hydrogens (primary N) is 1. The average Bonchev–Trinajstić information content (AvgIpc) is 3.60. The van der Waals surface area contributed by atoms with Crippen molar-refractivity contribution in [2.45, 2.75) is 25.2 Å². The Labute approximate surface area is 170 Å². The van der Waals surface area contributed by atoms with Gasteiger partial charge in [0.2, 0.25) is 0 Å². The largest absolute Gasteiger partial charge is 0.398 e. The van der Waals surface area contributed by atoms with E-state index < -0.39 is 0 Å². The zero-order chi connectivity index (χ0) is 19.8. The second kappa shape index (κ2) is 7.48. The molecular weight excluding hydrogens is 360 g/mol. The Kier molecular flexibility index (Phi) is 4.68. The van der Waals surface area contributed by atoms with Crippen LogP contribution in [-0.4, -0.2) is 36.9 Å². The summed E-state index contributed by atoms with van der Waals surface area (Å²) < 4.78 is 0. The summed E-state index contributed by atoms with van der Waals surface area (Å²) in [4.78, 5) is 19.9. The number of para-hydroxylation sites is 1. The van der Waals surface area contributed by atoms with Crippen molar-refractivity contribution in [2.24, 2.45) is 0 Å². The second-order valence-electron chi connectivity index (χ2n) is 8.10. The normalized spacial score (nSPS) is 16.9. The average molecular weight is 386 g/mol. The van der Waals surface area contributed by atoms with Crippen molar-refractivity contribution in [3.05, 3.63) is 65.5 Å². The fourth-order valence-corrected chi connectivity index (χ4v) is 4.32. The molecule has 0 radical (unpaired) electrons. The molecule has 0 spiro atoms. The minimum Gasteiger partial charge on any atom is -0.398 e. The van der Waals surface area contributed by atoms with Crippen LogP contribution in [0.15, 0.2) is 48.7 Å². The Hall–Kier alpha value is -2.92. The lowest BCUT2D eigenvalue weighted by atomic mass is 9.97. The van der Waals surface area contributed by atoms with Gasteiger partial charge in [0.1, 0.15) is 5.69 Å². The van der Waals surface area contributed by atoms with Crippen molar-refractivity contribution in [2.75, 3.05) is 36.8 Å². The molecule has 3 N–H and O–H groups in total. The number of carbonyl (C=O) groups is 1. The van der Waals surface area contributed by atoms with Crippen molar-refractivity contribution in [3.8, 4) is 0 Å². The van der Waals surface area contributed by atoms with Crippen LogP contribution in [0.4, 0.5) is 11.4 Å². The maximum atomic E-state index is 12.8. The Balaban J connectivity index is 1.49. The van der Waals surface area contributed by atoms with E-state index in [0.29, 0.717) is 17.3 Å². The van der Waals surface area contributed by atoms with E-state index in [1.165, 1.54) is 29.5 Å². The summed E-state index contributed by atoms with van der Waals surface area (Å²) in [6.07, 6.45) is 4.67. The van der Waals surface area contributed by atoms with E-state index in [2.05, 4.69) is 27.3 Å². The van der Waals surface area contributed by atoms with Crippen molar-refractivity contribution >= 4 is 27.9 Å². The van der Waals surface area contributed by atoms with Crippen LogP contribution in [0.2, 0.25) is 0 Å². The number of piperazine rings is 1. The molecule has 1 aromatic heterocycles. The molecule has 0 atom stereocenters. The summed E-state index contributed by atoms with van der Waals surface area (Å²) in [5, 5.41) is 5.73. The van der Waals surface area contributed by atoms with Gasteiger partial charge in [0.15, 0.2) is 5.78 Å². The number of rotatable bonds is 5. The number of hydrogen-bond donors (Lipinski definition) is 2. The molecular formula is C24H26N4O. The molecule has 2 heterocycles. The summed E-state index contributed by atoms with van der Waals surface area (Å²) in [6, 6.07) is 13.9. The van der Waals surface area contributed by atoms with Crippen molar-refractivity contribution in [1.29, 1.82) is 0 Å². The van der Waals surface area contributed by atoms with Gasteiger partial charge in [0, 0.05) is 55.6 Å². The lowest BCUT2D eigenvalue weighted by Gasteiger charge is -2.31. The SMILES string of the molecule is Nc1ccccc1CC(=O)c1cc2ccc(N3CCNCC3)c(C3CC3)c2cn1. The number of ketones is 1. The fourth-order valence-electron chi connectivity index (χ4n) is 4.32. The molecule has 5 nitrogen and oxygen atoms in total. The summed E-state index contributed by atoms with van der Waals surface area (Å²) >= 11 is 0. The number of anilines is 2. The Morgan fingerprint density at radius 3 is 2.69 bits per heavy atom. The molecule has 3 aromatic rings. The number of fused-ring (bicyclic) bond motifs is 1. The topological polar surface area (TPSA) is 71.2 Å². The van der Waals surface area contributed by atoms with Crippen molar-refractivity contribution in [3.63, 3.8) is 0 Å². The van der Waals surface area contributed by atoms with Gasteiger partial charge in [-0.05, 0) is 53.5 Å². The van der Waals surface area contributed by atoms with E-state index in [1.807, 2.05) is 36.5 Å². The molecule has 0 amide bonds. The van der Waals surface area contributed by atoms with Gasteiger partial charge in [-0.15, -0.1) is 0 Å². The molecule has 2 aromatic carbocycles. The number of hydrogen-bond acceptors (Lipinski definition) is 5. The van der Waals surface area contributed by atoms with Gasteiger partial charge in [-0.1, -0.05) is 24.3 Å². The number of nitrogen functional groups attached to an aromatic ring is 1. The van der Waals surface area contributed by atoms with Gasteiger partial charge >= 0.3 is 0 Å². The third-order valence-electron chi connectivity index (χ3n) is 6.06. The van der Waals surface area contributed by atoms with Crippen LogP contribution in [0.5, 0.6) is 0 Å². The Bertz CT molecular complexity index is 1070. The van der Waals surface area contributed by atoms with Crippen LogP contribution in [0, 0.1) is 0 Å². The molecule has 29 heavy (non-hydrogen) atoms. The van der Waals surface area contributed by atoms with Gasteiger partial charge in [0.25, 0.3) is 0 Å². The minimum absolute atomic E-state index is 0.00366. The summed E-state index contributed by atoms with van der Waals surface area (Å²) in [5.74, 6) is 0.625. The molecule has 5 heteroatoms. The summed E-state index contributed by atoms with van der Waals surface area (Å²) in [5.41, 5.74) is 10.8. The Morgan fingerprint density at radius 2 is 1.93 bits per heavy atom. The highest BCUT2D eigenvalue weighted by molar-refractivity contribution is 6.01. The highest BCUT2D eigenvalue weighted by Crippen LogP contribution is 2.47. The quantitative estimate of drug-likeness (QED) is 0.518. The van der Waals surface area contributed by atoms with Gasteiger partial charge in [0.05, 0.1) is 0 Å². The van der Waals surface area contributed by atoms with E-state index in [1.54, 1.807) is 0 Å². The van der Waals surface area contributed by atoms with E-state index in [9.17, 15) is 4.79 Å². The number of nitrogens with zero attached hydrogens (tertiary/aromatic N) is 2. The number of carbonyl (C=O) groups excluding carboxylic acids is 1. The predicted molar refractivity (Wildman–Crippen MR) is 118 cm³/mol. The summed E-state index contributed by atoms with van der Waals surface area (Å²) in [7, 11) is 0. The number of benzene rings is 2. The highest BCUT2D eigenvalue weighted by Gasteiger charge is 2.30. The van der Waals surface area contributed by atoms with Crippen LogP contribution >= 0.6 is 0 Å². The van der Waals surface area contributed by atoms with Crippen LogP contribution in [-0.2, 0) is 6.42 Å². The van der Waals surface area contributed by atoms with Gasteiger partial charge in [-0.25, -0.2) is 0 Å². The van der Waals surface area contributed by atoms with Gasteiger partial charge < -0.3 is 16.0 Å². The molecule has 2 aliphatic rings. The third-order valence-corrected chi connectivity index (χ3v) is 6.06. The second-order valence-corrected chi connectivity index (χ2v) is 8.10. The lowest BCUT2D eigenvalue weighted by molar-refractivity contribution is 0.0988. The maximum Gasteiger partial charge on any atom is 0.185 e. The van der Waals surface area contributed by atoms with Crippen LogP contribution in [0.25, 0.3) is 10.8 Å². The first kappa shape index (κ1) is 18.1. The van der Waals surface area contributed by atoms with Gasteiger partial charge in [-0.3, -0.25) is 9.78 Å². The van der Waals surface area contributed by atoms with E-state index in [0.717, 1.165) is 37.1 Å². The van der Waals surface area contributed by atoms with Crippen LogP contribution in [0.1, 0.15) is 40.4 Å². The molecule has 1 aliphatic heterocycles. The predicted octanol–water partition coefficient (Wildman–Crippen LogP) is 3.53. The standard InChI is InChI=1S/C24H26N4O/c25-20-4-2-1-3-18(20)14-23(29)21-13-17-7-8-22(28-11-9-26-10-12-28)24(16-5-6-16)19(17)15-27-21/h1-4,7-8,13,15-16,26H,5-6,9-12,14,25H2. The maximum absolute atomic E-state index is 12.8. The molecule has 1 saturated carbocycles. The van der Waals surface area contributed by atoms with E-state index in [-0.39, 0.29) is 12.2 Å². The first-order valence-electron chi connectivity index (χ1n) is 10.5. The number of aromatic nitrogens is 1. The molecule has 1 aliphatic carbocycles. The number of nitrogens with one attached hydrogen (secondary N) is 1. The van der Waals surface area contributed by atoms with Crippen molar-refractivity contribution < 1.29 is 4.79 Å². The zero-order valence-electron chi connectivity index (χ0n) is 16.5. The molecule has 1 saturated heterocycles. The highest BCUT2D eigenvalue weighted by atomic mass is 16.1. The molecule has 0 bridgehead atoms. The zero-order valence-corrected chi connectivity index (χ0v) is 16.5. The monoisotopic (exact) mass is 386 g/mol. The molecule has 5 rings (SSSR count). The fraction of sp³-hybridized carbons (Fsp3) is 0.333. The van der Waals surface area contributed by atoms with E-state index in [4.69, 9.17) is 5.73 Å². The number of pyridine rings is 1. The molecule has 148 valence electrons. The summed E-state index contributed by atoms with van der Waals surface area (Å²) in [6.45, 7) is 4.12. The molecule has 2 fully saturated rings. The first-order chi connectivity index (χ1) is 14.2. The van der Waals surface area contributed by atoms with Crippen molar-refractivity contribution in [1.82, 2.24) is 10.3 Å². The number of Topliss-reactive ketones (excluding diaryl/α,β-unsaturated/α-hetero) is 1. The van der Waals surface area contributed by atoms with Crippen LogP contribution in [0.3, 0.4) is 0 Å². The smallest absolute Gasteiger partial charge is 0.185 e. The minimum atomic E-state index is 0.00366. The lowest BCUT2D eigenvalue weighted by Crippen LogP contribution is -2.43. The molecule has 0 unspecified atom stereocenters. The van der Waals surface area contributed by atoms with Gasteiger partial charge in [-0.2, -0.15) is 0 Å². The van der Waals surface area contributed by atoms with Crippen LogP contribution < -0.4 is 16.0 Å².